The first-order chi connectivity index (χ1) is 5.59. The molecule has 1 aromatic rings. The minimum Gasteiger partial charge on any atom is -0.426 e. The molecule has 12 heavy (non-hydrogen) atoms. The lowest BCUT2D eigenvalue weighted by Gasteiger charge is -2.04. The first-order valence-corrected chi connectivity index (χ1v) is 4.62. The van der Waals surface area contributed by atoms with Crippen LogP contribution < -0.4 is 4.74 Å². The average Bonchev–Trinajstić information content (AvgIpc) is 1.96. The van der Waals surface area contributed by atoms with E-state index in [9.17, 15) is 4.79 Å². The summed E-state index contributed by atoms with van der Waals surface area (Å²) in [7, 11) is 0. The summed E-state index contributed by atoms with van der Waals surface area (Å²) in [4.78, 5) is 10.7. The van der Waals surface area contributed by atoms with E-state index in [1.165, 1.54) is 6.92 Å². The molecule has 0 N–H and O–H groups in total. The van der Waals surface area contributed by atoms with Crippen LogP contribution in [0, 0.1) is 10.5 Å². The van der Waals surface area contributed by atoms with Crippen LogP contribution in [0.3, 0.4) is 0 Å². The molecule has 0 aromatic heterocycles. The number of hydrogen-bond donors (Lipinski definition) is 0. The van der Waals surface area contributed by atoms with Crippen LogP contribution in [0.4, 0.5) is 0 Å². The van der Waals surface area contributed by atoms with Crippen molar-refractivity contribution in [2.24, 2.45) is 0 Å². The Labute approximate surface area is 85.1 Å². The van der Waals surface area contributed by atoms with Crippen LogP contribution in [-0.2, 0) is 4.79 Å². The molecule has 0 saturated carbocycles. The number of halogens is 1. The number of hydrogen-bond acceptors (Lipinski definition) is 2. The van der Waals surface area contributed by atoms with E-state index in [1.54, 1.807) is 0 Å². The minimum atomic E-state index is -0.279. The molecule has 1 aromatic carbocycles. The van der Waals surface area contributed by atoms with Gasteiger partial charge in [0.05, 0.1) is 3.57 Å². The van der Waals surface area contributed by atoms with E-state index in [4.69, 9.17) is 4.74 Å². The monoisotopic (exact) mass is 276 g/mol. The lowest BCUT2D eigenvalue weighted by molar-refractivity contribution is -0.131. The summed E-state index contributed by atoms with van der Waals surface area (Å²) in [6.07, 6.45) is 0. The fraction of sp³-hybridized carbons (Fsp3) is 0.222. The molecule has 1 rings (SSSR count). The second-order valence-electron chi connectivity index (χ2n) is 2.53. The van der Waals surface area contributed by atoms with Gasteiger partial charge in [0, 0.05) is 6.92 Å². The molecule has 3 heteroatoms. The molecule has 0 unspecified atom stereocenters. The van der Waals surface area contributed by atoms with Crippen LogP contribution in [-0.4, -0.2) is 5.97 Å². The second kappa shape index (κ2) is 3.89. The van der Waals surface area contributed by atoms with E-state index in [-0.39, 0.29) is 5.97 Å². The van der Waals surface area contributed by atoms with Crippen molar-refractivity contribution in [1.29, 1.82) is 0 Å². The topological polar surface area (TPSA) is 26.3 Å². The van der Waals surface area contributed by atoms with Crippen molar-refractivity contribution >= 4 is 28.6 Å². The smallest absolute Gasteiger partial charge is 0.308 e. The quantitative estimate of drug-likeness (QED) is 0.447. The molecule has 0 heterocycles. The van der Waals surface area contributed by atoms with Gasteiger partial charge in [0.25, 0.3) is 0 Å². The highest BCUT2D eigenvalue weighted by Crippen LogP contribution is 2.21. The minimum absolute atomic E-state index is 0.279. The van der Waals surface area contributed by atoms with Crippen LogP contribution in [0.25, 0.3) is 0 Å². The molecule has 64 valence electrons. The Balaban J connectivity index is 2.97. The molecule has 0 atom stereocenters. The number of ether oxygens (including phenoxy) is 1. The fourth-order valence-electron chi connectivity index (χ4n) is 0.844. The van der Waals surface area contributed by atoms with Gasteiger partial charge in [-0.1, -0.05) is 6.07 Å². The molecule has 0 fully saturated rings. The molecule has 0 saturated heterocycles. The molecular formula is C9H9IO2. The fourth-order valence-corrected chi connectivity index (χ4v) is 1.29. The van der Waals surface area contributed by atoms with Gasteiger partial charge >= 0.3 is 5.97 Å². The first kappa shape index (κ1) is 9.51. The Kier molecular flexibility index (Phi) is 3.08. The predicted molar refractivity (Wildman–Crippen MR) is 55.2 cm³/mol. The highest BCUT2D eigenvalue weighted by atomic mass is 127. The lowest BCUT2D eigenvalue weighted by atomic mass is 10.2. The van der Waals surface area contributed by atoms with Crippen molar-refractivity contribution in [3.8, 4) is 5.75 Å². The van der Waals surface area contributed by atoms with Gasteiger partial charge in [-0.2, -0.15) is 0 Å². The van der Waals surface area contributed by atoms with Crippen molar-refractivity contribution in [2.45, 2.75) is 13.8 Å². The summed E-state index contributed by atoms with van der Waals surface area (Å²) in [6.45, 7) is 3.36. The van der Waals surface area contributed by atoms with Gasteiger partial charge in [-0.3, -0.25) is 4.79 Å². The van der Waals surface area contributed by atoms with E-state index < -0.39 is 0 Å². The standard InChI is InChI=1S/C9H9IO2/c1-6-3-4-8(10)9(5-6)12-7(2)11/h3-5H,1-2H3. The van der Waals surface area contributed by atoms with Gasteiger partial charge in [-0.05, 0) is 47.2 Å². The second-order valence-corrected chi connectivity index (χ2v) is 3.69. The summed E-state index contributed by atoms with van der Waals surface area (Å²) in [6, 6.07) is 5.76. The van der Waals surface area contributed by atoms with Crippen molar-refractivity contribution in [3.63, 3.8) is 0 Å². The normalized spacial score (nSPS) is 9.58. The molecule has 2 nitrogen and oxygen atoms in total. The number of esters is 1. The number of carbonyl (C=O) groups excluding carboxylic acids is 1. The molecule has 0 aliphatic rings. The van der Waals surface area contributed by atoms with Crippen molar-refractivity contribution < 1.29 is 9.53 Å². The van der Waals surface area contributed by atoms with Gasteiger partial charge in [0.2, 0.25) is 0 Å². The summed E-state index contributed by atoms with van der Waals surface area (Å²) in [5.41, 5.74) is 1.09. The van der Waals surface area contributed by atoms with E-state index >= 15 is 0 Å². The van der Waals surface area contributed by atoms with Crippen molar-refractivity contribution in [3.05, 3.63) is 27.3 Å². The van der Waals surface area contributed by atoms with Crippen molar-refractivity contribution in [1.82, 2.24) is 0 Å². The Morgan fingerprint density at radius 1 is 1.50 bits per heavy atom. The zero-order valence-corrected chi connectivity index (χ0v) is 9.08. The van der Waals surface area contributed by atoms with Crippen LogP contribution >= 0.6 is 22.6 Å². The number of carbonyl (C=O) groups is 1. The molecule has 0 spiro atoms. The Hall–Kier alpha value is -0.580. The van der Waals surface area contributed by atoms with Crippen LogP contribution in [0.5, 0.6) is 5.75 Å². The maximum atomic E-state index is 10.7. The number of rotatable bonds is 1. The Bertz CT molecular complexity index is 307. The summed E-state index contributed by atoms with van der Waals surface area (Å²) in [5.74, 6) is 0.363. The number of aryl methyl sites for hydroxylation is 1. The highest BCUT2D eigenvalue weighted by Gasteiger charge is 2.02. The number of benzene rings is 1. The average molecular weight is 276 g/mol. The van der Waals surface area contributed by atoms with Gasteiger partial charge in [-0.25, -0.2) is 0 Å². The van der Waals surface area contributed by atoms with E-state index in [0.717, 1.165) is 9.13 Å². The van der Waals surface area contributed by atoms with E-state index in [1.807, 2.05) is 25.1 Å². The predicted octanol–water partition coefficient (Wildman–Crippen LogP) is 2.52. The third-order valence-electron chi connectivity index (χ3n) is 1.34. The molecule has 0 bridgehead atoms. The SMILES string of the molecule is CC(=O)Oc1cc(C)ccc1I. The zero-order chi connectivity index (χ0) is 9.14. The first-order valence-electron chi connectivity index (χ1n) is 3.54. The van der Waals surface area contributed by atoms with Gasteiger partial charge in [-0.15, -0.1) is 0 Å². The maximum Gasteiger partial charge on any atom is 0.308 e. The molecule has 0 amide bonds. The zero-order valence-electron chi connectivity index (χ0n) is 6.93. The molecular weight excluding hydrogens is 267 g/mol. The van der Waals surface area contributed by atoms with E-state index in [2.05, 4.69) is 22.6 Å². The van der Waals surface area contributed by atoms with Crippen LogP contribution in [0.15, 0.2) is 18.2 Å². The Morgan fingerprint density at radius 2 is 2.17 bits per heavy atom. The van der Waals surface area contributed by atoms with Crippen LogP contribution in [0.2, 0.25) is 0 Å². The van der Waals surface area contributed by atoms with Gasteiger partial charge in [0.15, 0.2) is 0 Å². The summed E-state index contributed by atoms with van der Waals surface area (Å²) >= 11 is 2.13. The summed E-state index contributed by atoms with van der Waals surface area (Å²) in [5, 5.41) is 0. The maximum absolute atomic E-state index is 10.7. The lowest BCUT2D eigenvalue weighted by Crippen LogP contribution is -2.02. The molecule has 0 radical (unpaired) electrons. The van der Waals surface area contributed by atoms with Gasteiger partial charge < -0.3 is 4.74 Å². The van der Waals surface area contributed by atoms with Crippen molar-refractivity contribution in [2.75, 3.05) is 0 Å². The third-order valence-corrected chi connectivity index (χ3v) is 2.23. The van der Waals surface area contributed by atoms with E-state index in [0.29, 0.717) is 5.75 Å². The largest absolute Gasteiger partial charge is 0.426 e. The molecule has 0 aliphatic heterocycles. The Morgan fingerprint density at radius 3 is 2.75 bits per heavy atom. The summed E-state index contributed by atoms with van der Waals surface area (Å²) < 4.78 is 5.93. The van der Waals surface area contributed by atoms with Crippen LogP contribution in [0.1, 0.15) is 12.5 Å². The third kappa shape index (κ3) is 2.48. The van der Waals surface area contributed by atoms with Gasteiger partial charge in [0.1, 0.15) is 5.75 Å². The highest BCUT2D eigenvalue weighted by molar-refractivity contribution is 14.1. The molecule has 0 aliphatic carbocycles.